The van der Waals surface area contributed by atoms with Gasteiger partial charge in [-0.05, 0) is 19.1 Å². The van der Waals surface area contributed by atoms with Crippen molar-refractivity contribution in [1.82, 2.24) is 4.98 Å². The number of hydrogen-bond donors (Lipinski definition) is 1. The average Bonchev–Trinajstić information content (AvgIpc) is 2.74. The van der Waals surface area contributed by atoms with E-state index < -0.39 is 0 Å². The van der Waals surface area contributed by atoms with Gasteiger partial charge >= 0.3 is 5.97 Å². The summed E-state index contributed by atoms with van der Waals surface area (Å²) in [6.45, 7) is 2.13. The molecule has 0 spiro atoms. The molecule has 0 aliphatic carbocycles. The number of H-pyrrole nitrogens is 1. The van der Waals surface area contributed by atoms with Gasteiger partial charge in [-0.2, -0.15) is 0 Å². The van der Waals surface area contributed by atoms with Gasteiger partial charge in [-0.1, -0.05) is 0 Å². The number of carbonyl (C=O) groups is 1. The normalized spacial score (nSPS) is 10.4. The van der Waals surface area contributed by atoms with E-state index in [1.54, 1.807) is 19.1 Å². The zero-order valence-corrected chi connectivity index (χ0v) is 9.24. The Labute approximate surface area is 93.2 Å². The van der Waals surface area contributed by atoms with E-state index in [4.69, 9.17) is 9.47 Å². The molecule has 0 bridgehead atoms. The Morgan fingerprint density at radius 2 is 2.25 bits per heavy atom. The SMILES string of the molecule is CCOC(=O)c1cc2cc[nH]c2cc1OC. The summed E-state index contributed by atoms with van der Waals surface area (Å²) >= 11 is 0. The summed E-state index contributed by atoms with van der Waals surface area (Å²) in [5.41, 5.74) is 1.39. The fourth-order valence-electron chi connectivity index (χ4n) is 1.62. The fraction of sp³-hybridized carbons (Fsp3) is 0.250. The van der Waals surface area contributed by atoms with Gasteiger partial charge in [0.2, 0.25) is 0 Å². The molecule has 1 aromatic heterocycles. The molecule has 16 heavy (non-hydrogen) atoms. The van der Waals surface area contributed by atoms with Crippen molar-refractivity contribution in [3.8, 4) is 5.75 Å². The third-order valence-corrected chi connectivity index (χ3v) is 2.37. The molecule has 2 aromatic rings. The van der Waals surface area contributed by atoms with Crippen LogP contribution in [0.2, 0.25) is 0 Å². The van der Waals surface area contributed by atoms with Crippen LogP contribution < -0.4 is 4.74 Å². The average molecular weight is 219 g/mol. The van der Waals surface area contributed by atoms with Crippen molar-refractivity contribution in [2.45, 2.75) is 6.92 Å². The van der Waals surface area contributed by atoms with E-state index in [0.29, 0.717) is 17.9 Å². The lowest BCUT2D eigenvalue weighted by Gasteiger charge is -2.07. The number of hydrogen-bond acceptors (Lipinski definition) is 3. The van der Waals surface area contributed by atoms with E-state index in [0.717, 1.165) is 10.9 Å². The van der Waals surface area contributed by atoms with Gasteiger partial charge in [-0.15, -0.1) is 0 Å². The number of fused-ring (bicyclic) bond motifs is 1. The molecule has 1 N–H and O–H groups in total. The third-order valence-electron chi connectivity index (χ3n) is 2.37. The quantitative estimate of drug-likeness (QED) is 0.806. The number of aromatic nitrogens is 1. The Morgan fingerprint density at radius 3 is 2.94 bits per heavy atom. The highest BCUT2D eigenvalue weighted by atomic mass is 16.5. The number of methoxy groups -OCH3 is 1. The van der Waals surface area contributed by atoms with E-state index in [9.17, 15) is 4.79 Å². The van der Waals surface area contributed by atoms with Crippen molar-refractivity contribution in [2.75, 3.05) is 13.7 Å². The molecule has 0 saturated heterocycles. The lowest BCUT2D eigenvalue weighted by molar-refractivity contribution is 0.0523. The van der Waals surface area contributed by atoms with Crippen molar-refractivity contribution in [3.63, 3.8) is 0 Å². The van der Waals surface area contributed by atoms with Crippen molar-refractivity contribution in [1.29, 1.82) is 0 Å². The number of ether oxygens (including phenoxy) is 2. The summed E-state index contributed by atoms with van der Waals surface area (Å²) in [7, 11) is 1.53. The molecule has 0 saturated carbocycles. The van der Waals surface area contributed by atoms with Crippen molar-refractivity contribution >= 4 is 16.9 Å². The second-order valence-corrected chi connectivity index (χ2v) is 3.34. The summed E-state index contributed by atoms with van der Waals surface area (Å²) < 4.78 is 10.1. The van der Waals surface area contributed by atoms with E-state index in [2.05, 4.69) is 4.98 Å². The Bertz CT molecular complexity index is 516. The Balaban J connectivity index is 2.52. The van der Waals surface area contributed by atoms with Crippen LogP contribution in [0.3, 0.4) is 0 Å². The topological polar surface area (TPSA) is 51.3 Å². The molecule has 4 heteroatoms. The minimum atomic E-state index is -0.359. The van der Waals surface area contributed by atoms with Crippen LogP contribution in [0.5, 0.6) is 5.75 Å². The number of aromatic amines is 1. The largest absolute Gasteiger partial charge is 0.496 e. The summed E-state index contributed by atoms with van der Waals surface area (Å²) in [6, 6.07) is 5.46. The predicted molar refractivity (Wildman–Crippen MR) is 60.8 cm³/mol. The van der Waals surface area contributed by atoms with Crippen LogP contribution in [0, 0.1) is 0 Å². The lowest BCUT2D eigenvalue weighted by Crippen LogP contribution is -2.06. The fourth-order valence-corrected chi connectivity index (χ4v) is 1.62. The summed E-state index contributed by atoms with van der Waals surface area (Å²) in [6.07, 6.45) is 1.82. The van der Waals surface area contributed by atoms with E-state index in [1.165, 1.54) is 7.11 Å². The second kappa shape index (κ2) is 4.26. The highest BCUT2D eigenvalue weighted by molar-refractivity contribution is 5.98. The van der Waals surface area contributed by atoms with Gasteiger partial charge in [0.15, 0.2) is 0 Å². The molecule has 0 atom stereocenters. The van der Waals surface area contributed by atoms with Gasteiger partial charge in [0.05, 0.1) is 13.7 Å². The van der Waals surface area contributed by atoms with Crippen LogP contribution in [-0.4, -0.2) is 24.7 Å². The van der Waals surface area contributed by atoms with Crippen LogP contribution >= 0.6 is 0 Å². The van der Waals surface area contributed by atoms with Crippen molar-refractivity contribution < 1.29 is 14.3 Å². The van der Waals surface area contributed by atoms with Crippen LogP contribution in [0.1, 0.15) is 17.3 Å². The number of carbonyl (C=O) groups excluding carboxylic acids is 1. The van der Waals surface area contributed by atoms with Crippen LogP contribution in [-0.2, 0) is 4.74 Å². The molecule has 0 aliphatic rings. The Kier molecular flexibility index (Phi) is 2.81. The first-order chi connectivity index (χ1) is 7.76. The van der Waals surface area contributed by atoms with Crippen molar-refractivity contribution in [3.05, 3.63) is 30.0 Å². The third kappa shape index (κ3) is 1.74. The van der Waals surface area contributed by atoms with Gasteiger partial charge in [-0.3, -0.25) is 0 Å². The van der Waals surface area contributed by atoms with Crippen LogP contribution in [0.4, 0.5) is 0 Å². The first-order valence-corrected chi connectivity index (χ1v) is 5.08. The van der Waals surface area contributed by atoms with Gasteiger partial charge in [0.25, 0.3) is 0 Å². The molecule has 1 aromatic carbocycles. The van der Waals surface area contributed by atoms with Gasteiger partial charge in [0.1, 0.15) is 11.3 Å². The number of nitrogens with one attached hydrogen (secondary N) is 1. The first-order valence-electron chi connectivity index (χ1n) is 5.08. The number of rotatable bonds is 3. The molecule has 0 fully saturated rings. The number of esters is 1. The Hall–Kier alpha value is -1.97. The second-order valence-electron chi connectivity index (χ2n) is 3.34. The number of benzene rings is 1. The van der Waals surface area contributed by atoms with Crippen LogP contribution in [0.15, 0.2) is 24.4 Å². The zero-order valence-electron chi connectivity index (χ0n) is 9.24. The monoisotopic (exact) mass is 219 g/mol. The maximum Gasteiger partial charge on any atom is 0.341 e. The Morgan fingerprint density at radius 1 is 1.44 bits per heavy atom. The minimum absolute atomic E-state index is 0.354. The summed E-state index contributed by atoms with van der Waals surface area (Å²) in [5.74, 6) is 0.163. The molecule has 0 radical (unpaired) electrons. The molecule has 4 nitrogen and oxygen atoms in total. The summed E-state index contributed by atoms with van der Waals surface area (Å²) in [5, 5.41) is 0.962. The maximum atomic E-state index is 11.7. The minimum Gasteiger partial charge on any atom is -0.496 e. The van der Waals surface area contributed by atoms with Crippen LogP contribution in [0.25, 0.3) is 10.9 Å². The molecule has 1 heterocycles. The van der Waals surface area contributed by atoms with E-state index >= 15 is 0 Å². The van der Waals surface area contributed by atoms with Crippen molar-refractivity contribution in [2.24, 2.45) is 0 Å². The lowest BCUT2D eigenvalue weighted by atomic mass is 10.1. The standard InChI is InChI=1S/C12H13NO3/c1-3-16-12(14)9-6-8-4-5-13-10(8)7-11(9)15-2/h4-7,13H,3H2,1-2H3. The van der Waals surface area contributed by atoms with Gasteiger partial charge in [-0.25, -0.2) is 4.79 Å². The predicted octanol–water partition coefficient (Wildman–Crippen LogP) is 2.35. The molecule has 0 unspecified atom stereocenters. The first kappa shape index (κ1) is 10.5. The molecule has 84 valence electrons. The zero-order chi connectivity index (χ0) is 11.5. The summed E-state index contributed by atoms with van der Waals surface area (Å²) in [4.78, 5) is 14.7. The highest BCUT2D eigenvalue weighted by Crippen LogP contribution is 2.25. The smallest absolute Gasteiger partial charge is 0.341 e. The van der Waals surface area contributed by atoms with E-state index in [1.807, 2.05) is 12.3 Å². The molecule has 0 amide bonds. The molecular weight excluding hydrogens is 206 g/mol. The highest BCUT2D eigenvalue weighted by Gasteiger charge is 2.14. The van der Waals surface area contributed by atoms with E-state index in [-0.39, 0.29) is 5.97 Å². The molecule has 2 rings (SSSR count). The van der Waals surface area contributed by atoms with Gasteiger partial charge in [0, 0.05) is 23.2 Å². The maximum absolute atomic E-state index is 11.7. The van der Waals surface area contributed by atoms with Gasteiger partial charge < -0.3 is 14.5 Å². The molecule has 0 aliphatic heterocycles. The molecular formula is C12H13NO3.